The minimum Gasteiger partial charge on any atom is -0.375 e. The third-order valence-corrected chi connectivity index (χ3v) is 4.01. The molecule has 2 nitrogen and oxygen atoms in total. The van der Waals surface area contributed by atoms with Gasteiger partial charge in [0.1, 0.15) is 11.6 Å². The second-order valence-electron chi connectivity index (χ2n) is 4.51. The van der Waals surface area contributed by atoms with Crippen LogP contribution in [0.4, 0.5) is 13.9 Å². The van der Waals surface area contributed by atoms with Gasteiger partial charge >= 0.3 is 0 Å². The van der Waals surface area contributed by atoms with E-state index in [0.717, 1.165) is 23.4 Å². The molecule has 94 valence electrons. The van der Waals surface area contributed by atoms with E-state index < -0.39 is 11.6 Å². The molecule has 1 saturated carbocycles. The van der Waals surface area contributed by atoms with E-state index in [-0.39, 0.29) is 12.0 Å². The van der Waals surface area contributed by atoms with Crippen molar-refractivity contribution in [2.45, 2.75) is 25.2 Å². The Hall–Kier alpha value is -1.49. The number of anilines is 1. The predicted octanol–water partition coefficient (Wildman–Crippen LogP) is 3.47. The van der Waals surface area contributed by atoms with Crippen molar-refractivity contribution in [2.24, 2.45) is 0 Å². The quantitative estimate of drug-likeness (QED) is 0.923. The lowest BCUT2D eigenvalue weighted by atomic mass is 10.1. The van der Waals surface area contributed by atoms with Gasteiger partial charge < -0.3 is 5.73 Å². The summed E-state index contributed by atoms with van der Waals surface area (Å²) >= 11 is 1.33. The predicted molar refractivity (Wildman–Crippen MR) is 67.7 cm³/mol. The van der Waals surface area contributed by atoms with Crippen molar-refractivity contribution in [3.05, 3.63) is 46.0 Å². The highest BCUT2D eigenvalue weighted by molar-refractivity contribution is 7.15. The van der Waals surface area contributed by atoms with Gasteiger partial charge in [0.2, 0.25) is 0 Å². The Morgan fingerprint density at radius 1 is 1.28 bits per heavy atom. The van der Waals surface area contributed by atoms with Crippen LogP contribution in [0.1, 0.15) is 34.9 Å². The molecule has 0 spiro atoms. The summed E-state index contributed by atoms with van der Waals surface area (Å²) in [6, 6.07) is 3.93. The van der Waals surface area contributed by atoms with Gasteiger partial charge in [-0.2, -0.15) is 0 Å². The van der Waals surface area contributed by atoms with Crippen molar-refractivity contribution >= 4 is 16.5 Å². The fourth-order valence-corrected chi connectivity index (χ4v) is 2.98. The van der Waals surface area contributed by atoms with Crippen LogP contribution in [0.2, 0.25) is 0 Å². The Morgan fingerprint density at radius 2 is 1.94 bits per heavy atom. The van der Waals surface area contributed by atoms with Crippen LogP contribution >= 0.6 is 11.3 Å². The van der Waals surface area contributed by atoms with Crippen LogP contribution in [0.15, 0.2) is 18.2 Å². The molecule has 5 heteroatoms. The standard InChI is InChI=1S/C13H12F2N2S/c14-9-2-1-3-10(15)8(9)6-11-12(7-4-5-7)17-13(16)18-11/h1-3,7H,4-6H2,(H2,16,17). The topological polar surface area (TPSA) is 38.9 Å². The summed E-state index contributed by atoms with van der Waals surface area (Å²) in [6.45, 7) is 0. The van der Waals surface area contributed by atoms with E-state index in [0.29, 0.717) is 11.0 Å². The van der Waals surface area contributed by atoms with E-state index in [2.05, 4.69) is 4.98 Å². The maximum absolute atomic E-state index is 13.6. The maximum Gasteiger partial charge on any atom is 0.180 e. The molecule has 1 aliphatic carbocycles. The molecule has 0 saturated heterocycles. The van der Waals surface area contributed by atoms with Gasteiger partial charge in [-0.05, 0) is 25.0 Å². The minimum atomic E-state index is -0.510. The Labute approximate surface area is 107 Å². The molecule has 2 N–H and O–H groups in total. The largest absolute Gasteiger partial charge is 0.375 e. The Morgan fingerprint density at radius 3 is 2.56 bits per heavy atom. The zero-order chi connectivity index (χ0) is 12.7. The molecule has 0 atom stereocenters. The molecular weight excluding hydrogens is 254 g/mol. The second-order valence-corrected chi connectivity index (χ2v) is 5.63. The highest BCUT2D eigenvalue weighted by Crippen LogP contribution is 2.43. The summed E-state index contributed by atoms with van der Waals surface area (Å²) in [5, 5.41) is 0.476. The fraction of sp³-hybridized carbons (Fsp3) is 0.308. The third-order valence-electron chi connectivity index (χ3n) is 3.11. The Bertz CT molecular complexity index is 570. The molecule has 1 aliphatic rings. The molecule has 0 radical (unpaired) electrons. The molecule has 3 rings (SSSR count). The summed E-state index contributed by atoms with van der Waals surface area (Å²) in [5.41, 5.74) is 6.73. The van der Waals surface area contributed by atoms with Crippen molar-refractivity contribution in [1.29, 1.82) is 0 Å². The number of thiazole rings is 1. The second kappa shape index (κ2) is 4.31. The van der Waals surface area contributed by atoms with Crippen molar-refractivity contribution in [1.82, 2.24) is 4.98 Å². The number of halogens is 2. The first-order chi connectivity index (χ1) is 8.65. The van der Waals surface area contributed by atoms with E-state index in [1.54, 1.807) is 0 Å². The van der Waals surface area contributed by atoms with Crippen LogP contribution in [0, 0.1) is 11.6 Å². The fourth-order valence-electron chi connectivity index (χ4n) is 2.05. The Kier molecular flexibility index (Phi) is 2.78. The lowest BCUT2D eigenvalue weighted by Crippen LogP contribution is -1.97. The molecule has 0 bridgehead atoms. The van der Waals surface area contributed by atoms with Crippen molar-refractivity contribution in [3.8, 4) is 0 Å². The van der Waals surface area contributed by atoms with Crippen molar-refractivity contribution < 1.29 is 8.78 Å². The van der Waals surface area contributed by atoms with Crippen LogP contribution in [0.3, 0.4) is 0 Å². The molecule has 18 heavy (non-hydrogen) atoms. The van der Waals surface area contributed by atoms with Gasteiger partial charge in [0.15, 0.2) is 5.13 Å². The first-order valence-electron chi connectivity index (χ1n) is 5.83. The molecule has 0 aliphatic heterocycles. The Balaban J connectivity index is 1.97. The maximum atomic E-state index is 13.6. The van der Waals surface area contributed by atoms with Gasteiger partial charge in [-0.25, -0.2) is 13.8 Å². The molecule has 1 fully saturated rings. The molecule has 0 amide bonds. The van der Waals surface area contributed by atoms with Gasteiger partial charge in [0.25, 0.3) is 0 Å². The highest BCUT2D eigenvalue weighted by Gasteiger charge is 2.29. The zero-order valence-electron chi connectivity index (χ0n) is 9.62. The molecular formula is C13H12F2N2S. The number of hydrogen-bond donors (Lipinski definition) is 1. The number of aromatic nitrogens is 1. The third kappa shape index (κ3) is 2.10. The van der Waals surface area contributed by atoms with Gasteiger partial charge in [-0.3, -0.25) is 0 Å². The molecule has 1 aromatic carbocycles. The smallest absolute Gasteiger partial charge is 0.180 e. The number of nitrogens with two attached hydrogens (primary N) is 1. The number of nitrogens with zero attached hydrogens (tertiary/aromatic N) is 1. The minimum absolute atomic E-state index is 0.100. The van der Waals surface area contributed by atoms with Gasteiger partial charge in [0, 0.05) is 22.8 Å². The summed E-state index contributed by atoms with van der Waals surface area (Å²) in [7, 11) is 0. The van der Waals surface area contributed by atoms with Crippen LogP contribution in [-0.2, 0) is 6.42 Å². The SMILES string of the molecule is Nc1nc(C2CC2)c(Cc2c(F)cccc2F)s1. The van der Waals surface area contributed by atoms with Crippen LogP contribution in [0.25, 0.3) is 0 Å². The number of benzene rings is 1. The zero-order valence-corrected chi connectivity index (χ0v) is 10.4. The van der Waals surface area contributed by atoms with E-state index in [1.165, 1.54) is 29.5 Å². The van der Waals surface area contributed by atoms with Crippen LogP contribution in [0.5, 0.6) is 0 Å². The first-order valence-corrected chi connectivity index (χ1v) is 6.64. The highest BCUT2D eigenvalue weighted by atomic mass is 32.1. The lowest BCUT2D eigenvalue weighted by molar-refractivity contribution is 0.561. The number of nitrogen functional groups attached to an aromatic ring is 1. The van der Waals surface area contributed by atoms with E-state index in [1.807, 2.05) is 0 Å². The van der Waals surface area contributed by atoms with Crippen LogP contribution < -0.4 is 5.73 Å². The summed E-state index contributed by atoms with van der Waals surface area (Å²) in [4.78, 5) is 5.17. The number of rotatable bonds is 3. The van der Waals surface area contributed by atoms with Crippen molar-refractivity contribution in [3.63, 3.8) is 0 Å². The first kappa shape index (κ1) is 11.6. The molecule has 1 heterocycles. The molecule has 2 aromatic rings. The summed E-state index contributed by atoms with van der Waals surface area (Å²) in [5.74, 6) is -0.587. The van der Waals surface area contributed by atoms with Crippen LogP contribution in [-0.4, -0.2) is 4.98 Å². The van der Waals surface area contributed by atoms with E-state index >= 15 is 0 Å². The molecule has 0 unspecified atom stereocenters. The van der Waals surface area contributed by atoms with E-state index in [4.69, 9.17) is 5.73 Å². The summed E-state index contributed by atoms with van der Waals surface area (Å²) < 4.78 is 27.2. The van der Waals surface area contributed by atoms with Gasteiger partial charge in [-0.1, -0.05) is 6.07 Å². The lowest BCUT2D eigenvalue weighted by Gasteiger charge is -2.04. The van der Waals surface area contributed by atoms with Crippen molar-refractivity contribution in [2.75, 3.05) is 5.73 Å². The average molecular weight is 266 g/mol. The number of hydrogen-bond acceptors (Lipinski definition) is 3. The van der Waals surface area contributed by atoms with Gasteiger partial charge in [0.05, 0.1) is 5.69 Å². The average Bonchev–Trinajstić information content (AvgIpc) is 3.09. The molecule has 1 aromatic heterocycles. The monoisotopic (exact) mass is 266 g/mol. The summed E-state index contributed by atoms with van der Waals surface area (Å²) in [6.07, 6.45) is 2.42. The van der Waals surface area contributed by atoms with Gasteiger partial charge in [-0.15, -0.1) is 11.3 Å². The van der Waals surface area contributed by atoms with E-state index in [9.17, 15) is 8.78 Å². The normalized spacial score (nSPS) is 15.0.